The summed E-state index contributed by atoms with van der Waals surface area (Å²) in [5.41, 5.74) is -0.124. The average Bonchev–Trinajstić information content (AvgIpc) is 3.04. The summed E-state index contributed by atoms with van der Waals surface area (Å²) in [6.45, 7) is 4.36. The zero-order chi connectivity index (χ0) is 33.0. The molecule has 0 radical (unpaired) electrons. The highest BCUT2D eigenvalue weighted by Crippen LogP contribution is 2.34. The number of carbonyl (C=O) groups excluding carboxylic acids is 4. The first-order chi connectivity index (χ1) is 21.5. The molecule has 1 spiro atoms. The molecule has 45 heavy (non-hydrogen) atoms. The number of benzene rings is 1. The number of amides is 4. The number of hydrogen-bond donors (Lipinski definition) is 7. The Morgan fingerprint density at radius 1 is 1.09 bits per heavy atom. The fraction of sp³-hybridized carbons (Fsp3) is 0.677. The van der Waals surface area contributed by atoms with Crippen molar-refractivity contribution in [3.8, 4) is 0 Å². The molecular weight excluding hydrogens is 586 g/mol. The Hall–Kier alpha value is -3.30. The van der Waals surface area contributed by atoms with Gasteiger partial charge in [-0.1, -0.05) is 37.3 Å². The lowest BCUT2D eigenvalue weighted by Gasteiger charge is -2.52. The van der Waals surface area contributed by atoms with Gasteiger partial charge >= 0.3 is 6.09 Å². The van der Waals surface area contributed by atoms with Gasteiger partial charge in [0.05, 0.1) is 12.6 Å². The standard InChI is InChI=1S/C31H49N5O9/c1-3-15-36-28(42)23(11-7-8-14-32-30(44)45-20-22-9-5-4-6-10-22)34-29(43)31(36)12-16-35(17-13-31)18-24(33-21(2)38)26(40)27(41)25(39)19-37/h4-6,9-10,23-27,37,39-41H,3,7-8,11-20H2,1-2H3,(H,32,44)(H,33,38)(H,34,43)/t23-,24-,25+,26+,27-/m0/s1. The molecule has 2 fully saturated rings. The van der Waals surface area contributed by atoms with Crippen LogP contribution in [0.4, 0.5) is 4.79 Å². The van der Waals surface area contributed by atoms with Crippen molar-refractivity contribution < 1.29 is 44.3 Å². The molecule has 14 heteroatoms. The highest BCUT2D eigenvalue weighted by atomic mass is 16.5. The number of nitrogens with one attached hydrogen (secondary N) is 3. The number of rotatable bonds is 16. The molecule has 5 atom stereocenters. The van der Waals surface area contributed by atoms with Gasteiger partial charge in [0, 0.05) is 39.6 Å². The van der Waals surface area contributed by atoms with E-state index < -0.39 is 54.5 Å². The van der Waals surface area contributed by atoms with Crippen molar-refractivity contribution >= 4 is 23.8 Å². The quantitative estimate of drug-likeness (QED) is 0.113. The minimum Gasteiger partial charge on any atom is -0.445 e. The summed E-state index contributed by atoms with van der Waals surface area (Å²) in [6.07, 6.45) is -2.29. The van der Waals surface area contributed by atoms with Crippen LogP contribution >= 0.6 is 0 Å². The first-order valence-electron chi connectivity index (χ1n) is 15.7. The minimum atomic E-state index is -1.68. The third-order valence-corrected chi connectivity index (χ3v) is 8.53. The summed E-state index contributed by atoms with van der Waals surface area (Å²) in [5, 5.41) is 48.0. The molecule has 1 aromatic rings. The van der Waals surface area contributed by atoms with Crippen LogP contribution in [0.25, 0.3) is 0 Å². The van der Waals surface area contributed by atoms with Crippen LogP contribution in [-0.2, 0) is 25.7 Å². The van der Waals surface area contributed by atoms with Crippen LogP contribution < -0.4 is 16.0 Å². The van der Waals surface area contributed by atoms with E-state index >= 15 is 0 Å². The Balaban J connectivity index is 1.51. The first-order valence-corrected chi connectivity index (χ1v) is 15.7. The smallest absolute Gasteiger partial charge is 0.407 e. The molecule has 2 heterocycles. The number of nitrogens with zero attached hydrogens (tertiary/aromatic N) is 2. The van der Waals surface area contributed by atoms with E-state index in [1.807, 2.05) is 42.2 Å². The zero-order valence-corrected chi connectivity index (χ0v) is 26.2. The van der Waals surface area contributed by atoms with Gasteiger partial charge < -0.3 is 50.9 Å². The van der Waals surface area contributed by atoms with Gasteiger partial charge in [0.15, 0.2) is 0 Å². The monoisotopic (exact) mass is 635 g/mol. The molecule has 252 valence electrons. The van der Waals surface area contributed by atoms with Crippen LogP contribution in [0.15, 0.2) is 30.3 Å². The molecule has 0 bridgehead atoms. The maximum Gasteiger partial charge on any atom is 0.407 e. The summed E-state index contributed by atoms with van der Waals surface area (Å²) in [6, 6.07) is 7.77. The molecule has 0 saturated carbocycles. The lowest BCUT2D eigenvalue weighted by molar-refractivity contribution is -0.161. The highest BCUT2D eigenvalue weighted by Gasteiger charge is 2.53. The van der Waals surface area contributed by atoms with Crippen molar-refractivity contribution in [2.24, 2.45) is 0 Å². The summed E-state index contributed by atoms with van der Waals surface area (Å²) >= 11 is 0. The topological polar surface area (TPSA) is 201 Å². The Kier molecular flexibility index (Phi) is 14.0. The van der Waals surface area contributed by atoms with E-state index in [1.54, 1.807) is 4.90 Å². The molecule has 2 saturated heterocycles. The maximum atomic E-state index is 13.6. The Labute approximate surface area is 264 Å². The molecule has 14 nitrogen and oxygen atoms in total. The number of likely N-dealkylation sites (tertiary alicyclic amines) is 1. The number of hydrogen-bond acceptors (Lipinski definition) is 10. The number of carbonyl (C=O) groups is 4. The number of alkyl carbamates (subject to hydrolysis) is 1. The van der Waals surface area contributed by atoms with Crippen molar-refractivity contribution in [3.63, 3.8) is 0 Å². The molecule has 0 unspecified atom stereocenters. The number of aliphatic hydroxyl groups excluding tert-OH is 4. The van der Waals surface area contributed by atoms with E-state index in [9.17, 15) is 34.5 Å². The average molecular weight is 636 g/mol. The van der Waals surface area contributed by atoms with Crippen molar-refractivity contribution in [1.29, 1.82) is 0 Å². The van der Waals surface area contributed by atoms with Gasteiger partial charge in [-0.2, -0.15) is 0 Å². The Bertz CT molecular complexity index is 1120. The molecule has 2 aliphatic heterocycles. The van der Waals surface area contributed by atoms with E-state index in [2.05, 4.69) is 16.0 Å². The van der Waals surface area contributed by atoms with Crippen molar-refractivity contribution in [2.45, 2.75) is 94.9 Å². The lowest BCUT2D eigenvalue weighted by atomic mass is 9.81. The Morgan fingerprint density at radius 2 is 1.78 bits per heavy atom. The van der Waals surface area contributed by atoms with E-state index in [0.29, 0.717) is 64.7 Å². The van der Waals surface area contributed by atoms with E-state index in [4.69, 9.17) is 9.84 Å². The zero-order valence-electron chi connectivity index (χ0n) is 26.2. The fourth-order valence-electron chi connectivity index (χ4n) is 6.01. The highest BCUT2D eigenvalue weighted by molar-refractivity contribution is 6.00. The normalized spacial score (nSPS) is 21.0. The summed E-state index contributed by atoms with van der Waals surface area (Å²) < 4.78 is 5.21. The molecule has 4 amide bonds. The van der Waals surface area contributed by atoms with Crippen LogP contribution in [0, 0.1) is 0 Å². The van der Waals surface area contributed by atoms with Crippen molar-refractivity contribution in [3.05, 3.63) is 35.9 Å². The third-order valence-electron chi connectivity index (χ3n) is 8.53. The number of aliphatic hydroxyl groups is 4. The summed E-state index contributed by atoms with van der Waals surface area (Å²) in [4.78, 5) is 54.6. The molecular formula is C31H49N5O9. The van der Waals surface area contributed by atoms with Crippen molar-refractivity contribution in [2.75, 3.05) is 39.3 Å². The molecule has 2 aliphatic rings. The maximum absolute atomic E-state index is 13.6. The van der Waals surface area contributed by atoms with Gasteiger partial charge in [0.1, 0.15) is 36.5 Å². The van der Waals surface area contributed by atoms with Gasteiger partial charge in [-0.3, -0.25) is 14.4 Å². The van der Waals surface area contributed by atoms with Gasteiger partial charge in [-0.05, 0) is 44.1 Å². The van der Waals surface area contributed by atoms with Crippen molar-refractivity contribution in [1.82, 2.24) is 25.8 Å². The Morgan fingerprint density at radius 3 is 2.40 bits per heavy atom. The van der Waals surface area contributed by atoms with Crippen LogP contribution in [0.2, 0.25) is 0 Å². The van der Waals surface area contributed by atoms with Gasteiger partial charge in [-0.15, -0.1) is 0 Å². The predicted octanol–water partition coefficient (Wildman–Crippen LogP) is -0.766. The number of piperidine rings is 1. The molecule has 3 rings (SSSR count). The number of unbranched alkanes of at least 4 members (excludes halogenated alkanes) is 1. The molecule has 7 N–H and O–H groups in total. The van der Waals surface area contributed by atoms with Crippen LogP contribution in [0.3, 0.4) is 0 Å². The van der Waals surface area contributed by atoms with Gasteiger partial charge in [-0.25, -0.2) is 4.79 Å². The molecule has 1 aromatic carbocycles. The third kappa shape index (κ3) is 9.84. The minimum absolute atomic E-state index is 0.131. The fourth-order valence-corrected chi connectivity index (χ4v) is 6.01. The van der Waals surface area contributed by atoms with E-state index in [1.165, 1.54) is 6.92 Å². The second kappa shape index (κ2) is 17.4. The molecule has 0 aromatic heterocycles. The first kappa shape index (κ1) is 36.2. The predicted molar refractivity (Wildman–Crippen MR) is 164 cm³/mol. The number of piperazine rings is 1. The summed E-state index contributed by atoms with van der Waals surface area (Å²) in [5.74, 6) is -0.773. The largest absolute Gasteiger partial charge is 0.445 e. The van der Waals surface area contributed by atoms with Crippen LogP contribution in [-0.4, -0.2) is 129 Å². The van der Waals surface area contributed by atoms with E-state index in [-0.39, 0.29) is 25.0 Å². The second-order valence-electron chi connectivity index (χ2n) is 11.9. The van der Waals surface area contributed by atoms with Crippen LogP contribution in [0.1, 0.15) is 57.9 Å². The van der Waals surface area contributed by atoms with E-state index in [0.717, 1.165) is 5.56 Å². The second-order valence-corrected chi connectivity index (χ2v) is 11.9. The summed E-state index contributed by atoms with van der Waals surface area (Å²) in [7, 11) is 0. The van der Waals surface area contributed by atoms with Crippen LogP contribution in [0.5, 0.6) is 0 Å². The van der Waals surface area contributed by atoms with Gasteiger partial charge in [0.25, 0.3) is 0 Å². The lowest BCUT2D eigenvalue weighted by Crippen LogP contribution is -2.73. The van der Waals surface area contributed by atoms with Gasteiger partial charge in [0.2, 0.25) is 17.7 Å². The molecule has 0 aliphatic carbocycles. The SMILES string of the molecule is CCCN1C(=O)[C@H](CCCCNC(=O)OCc2ccccc2)NC(=O)C12CCN(C[C@H](NC(C)=O)[C@@H](O)[C@@H](O)[C@H](O)CO)CC2. The number of ether oxygens (including phenoxy) is 1.